The summed E-state index contributed by atoms with van der Waals surface area (Å²) in [5.74, 6) is 0. The highest BCUT2D eigenvalue weighted by Crippen LogP contribution is 2.21. The maximum absolute atomic E-state index is 12.7. The third kappa shape index (κ3) is 5.47. The van der Waals surface area contributed by atoms with E-state index in [1.54, 1.807) is 4.90 Å². The molecule has 1 aliphatic heterocycles. The number of halogens is 1. The van der Waals surface area contributed by atoms with Gasteiger partial charge in [-0.2, -0.15) is 0 Å². The molecule has 0 aromatic heterocycles. The molecule has 3 rings (SSSR count). The number of carbonyl (C=O) groups excluding carboxylic acids is 1. The SMILES string of the molecule is CC(c1ccc(Cl)cc1)N(C)C(=O)NCc1ccccc1CN1CCOCC1. The summed E-state index contributed by atoms with van der Waals surface area (Å²) in [5, 5.41) is 3.75. The van der Waals surface area contributed by atoms with Crippen molar-refractivity contribution >= 4 is 17.6 Å². The van der Waals surface area contributed by atoms with Crippen molar-refractivity contribution in [3.63, 3.8) is 0 Å². The second-order valence-corrected chi connectivity index (χ2v) is 7.59. The number of urea groups is 1. The van der Waals surface area contributed by atoms with Crippen LogP contribution in [0.4, 0.5) is 4.79 Å². The average molecular weight is 402 g/mol. The molecule has 1 saturated heterocycles. The fourth-order valence-corrected chi connectivity index (χ4v) is 3.45. The van der Waals surface area contributed by atoms with Crippen molar-refractivity contribution in [2.45, 2.75) is 26.1 Å². The van der Waals surface area contributed by atoms with Gasteiger partial charge in [0.15, 0.2) is 0 Å². The van der Waals surface area contributed by atoms with E-state index in [-0.39, 0.29) is 12.1 Å². The summed E-state index contributed by atoms with van der Waals surface area (Å²) in [7, 11) is 1.81. The highest BCUT2D eigenvalue weighted by Gasteiger charge is 2.18. The summed E-state index contributed by atoms with van der Waals surface area (Å²) in [5.41, 5.74) is 3.45. The number of hydrogen-bond acceptors (Lipinski definition) is 3. The molecule has 1 aliphatic rings. The van der Waals surface area contributed by atoms with Gasteiger partial charge < -0.3 is 15.0 Å². The molecule has 1 unspecified atom stereocenters. The van der Waals surface area contributed by atoms with Gasteiger partial charge in [-0.3, -0.25) is 4.90 Å². The molecular formula is C22H28ClN3O2. The standard InChI is InChI=1S/C22H28ClN3O2/c1-17(18-7-9-21(23)10-8-18)25(2)22(27)24-15-19-5-3-4-6-20(19)16-26-11-13-28-14-12-26/h3-10,17H,11-16H2,1-2H3,(H,24,27). The summed E-state index contributed by atoms with van der Waals surface area (Å²) in [6, 6.07) is 15.8. The lowest BCUT2D eigenvalue weighted by Crippen LogP contribution is -2.39. The van der Waals surface area contributed by atoms with Gasteiger partial charge in [-0.25, -0.2) is 4.79 Å². The minimum Gasteiger partial charge on any atom is -0.379 e. The lowest BCUT2D eigenvalue weighted by Gasteiger charge is -2.28. The van der Waals surface area contributed by atoms with E-state index in [9.17, 15) is 4.79 Å². The van der Waals surface area contributed by atoms with Crippen molar-refractivity contribution in [3.05, 3.63) is 70.2 Å². The van der Waals surface area contributed by atoms with Crippen molar-refractivity contribution < 1.29 is 9.53 Å². The van der Waals surface area contributed by atoms with Crippen molar-refractivity contribution in [1.29, 1.82) is 0 Å². The first-order valence-electron chi connectivity index (χ1n) is 9.67. The fourth-order valence-electron chi connectivity index (χ4n) is 3.32. The van der Waals surface area contributed by atoms with E-state index in [4.69, 9.17) is 16.3 Å². The molecule has 28 heavy (non-hydrogen) atoms. The molecular weight excluding hydrogens is 374 g/mol. The Balaban J connectivity index is 1.58. The first-order chi connectivity index (χ1) is 13.5. The van der Waals surface area contributed by atoms with Crippen LogP contribution >= 0.6 is 11.6 Å². The van der Waals surface area contributed by atoms with Crippen molar-refractivity contribution in [2.24, 2.45) is 0 Å². The van der Waals surface area contributed by atoms with Gasteiger partial charge in [-0.15, -0.1) is 0 Å². The average Bonchev–Trinajstić information content (AvgIpc) is 2.73. The Hall–Kier alpha value is -2.08. The highest BCUT2D eigenvalue weighted by molar-refractivity contribution is 6.30. The summed E-state index contributed by atoms with van der Waals surface area (Å²) < 4.78 is 5.43. The zero-order valence-electron chi connectivity index (χ0n) is 16.5. The predicted molar refractivity (Wildman–Crippen MR) is 112 cm³/mol. The van der Waals surface area contributed by atoms with E-state index in [0.29, 0.717) is 11.6 Å². The van der Waals surface area contributed by atoms with Crippen LogP contribution in [0.2, 0.25) is 5.02 Å². The maximum Gasteiger partial charge on any atom is 0.317 e. The molecule has 5 nitrogen and oxygen atoms in total. The molecule has 0 saturated carbocycles. The van der Waals surface area contributed by atoms with Crippen LogP contribution in [0.3, 0.4) is 0 Å². The van der Waals surface area contributed by atoms with Crippen LogP contribution in [0.5, 0.6) is 0 Å². The van der Waals surface area contributed by atoms with Crippen LogP contribution in [-0.4, -0.2) is 49.2 Å². The van der Waals surface area contributed by atoms with Gasteiger partial charge in [-0.05, 0) is 35.7 Å². The van der Waals surface area contributed by atoms with Crippen LogP contribution in [0.15, 0.2) is 48.5 Å². The molecule has 1 atom stereocenters. The van der Waals surface area contributed by atoms with Crippen molar-refractivity contribution in [3.8, 4) is 0 Å². The summed E-state index contributed by atoms with van der Waals surface area (Å²) in [4.78, 5) is 16.8. The Bertz CT molecular complexity index is 776. The first-order valence-corrected chi connectivity index (χ1v) is 10.1. The fraction of sp³-hybridized carbons (Fsp3) is 0.409. The monoisotopic (exact) mass is 401 g/mol. The van der Waals surface area contributed by atoms with E-state index in [2.05, 4.69) is 28.4 Å². The predicted octanol–water partition coefficient (Wildman–Crippen LogP) is 4.07. The number of hydrogen-bond donors (Lipinski definition) is 1. The maximum atomic E-state index is 12.7. The van der Waals surface area contributed by atoms with Crippen molar-refractivity contribution in [2.75, 3.05) is 33.4 Å². The van der Waals surface area contributed by atoms with Gasteiger partial charge in [0.1, 0.15) is 0 Å². The topological polar surface area (TPSA) is 44.8 Å². The molecule has 2 aromatic carbocycles. The van der Waals surface area contributed by atoms with Crippen LogP contribution in [0.1, 0.15) is 29.7 Å². The third-order valence-electron chi connectivity index (χ3n) is 5.30. The van der Waals surface area contributed by atoms with Gasteiger partial charge >= 0.3 is 6.03 Å². The molecule has 0 radical (unpaired) electrons. The number of nitrogens with zero attached hydrogens (tertiary/aromatic N) is 2. The Morgan fingerprint density at radius 1 is 1.14 bits per heavy atom. The smallest absolute Gasteiger partial charge is 0.317 e. The molecule has 2 aromatic rings. The van der Waals surface area contributed by atoms with Crippen LogP contribution in [0, 0.1) is 0 Å². The van der Waals surface area contributed by atoms with Gasteiger partial charge in [0.2, 0.25) is 0 Å². The van der Waals surface area contributed by atoms with Crippen LogP contribution in [-0.2, 0) is 17.8 Å². The summed E-state index contributed by atoms with van der Waals surface area (Å²) in [6.45, 7) is 6.86. The van der Waals surface area contributed by atoms with Gasteiger partial charge in [0.25, 0.3) is 0 Å². The molecule has 150 valence electrons. The minimum atomic E-state index is -0.0939. The quantitative estimate of drug-likeness (QED) is 0.793. The number of rotatable bonds is 6. The Labute approximate surface area is 172 Å². The van der Waals surface area contributed by atoms with Crippen LogP contribution in [0.25, 0.3) is 0 Å². The molecule has 1 heterocycles. The zero-order chi connectivity index (χ0) is 19.9. The summed E-state index contributed by atoms with van der Waals surface area (Å²) >= 11 is 5.96. The lowest BCUT2D eigenvalue weighted by atomic mass is 10.1. The highest BCUT2D eigenvalue weighted by atomic mass is 35.5. The first kappa shape index (κ1) is 20.6. The van der Waals surface area contributed by atoms with E-state index in [1.807, 2.05) is 44.3 Å². The third-order valence-corrected chi connectivity index (χ3v) is 5.55. The molecule has 0 spiro atoms. The summed E-state index contributed by atoms with van der Waals surface area (Å²) in [6.07, 6.45) is 0. The number of benzene rings is 2. The molecule has 0 aliphatic carbocycles. The number of carbonyl (C=O) groups is 1. The van der Waals surface area contributed by atoms with Gasteiger partial charge in [0.05, 0.1) is 19.3 Å². The van der Waals surface area contributed by atoms with E-state index in [1.165, 1.54) is 5.56 Å². The number of morpholine rings is 1. The van der Waals surface area contributed by atoms with Crippen molar-refractivity contribution in [1.82, 2.24) is 15.1 Å². The van der Waals surface area contributed by atoms with E-state index < -0.39 is 0 Å². The zero-order valence-corrected chi connectivity index (χ0v) is 17.3. The molecule has 1 fully saturated rings. The molecule has 1 N–H and O–H groups in total. The number of nitrogens with one attached hydrogen (secondary N) is 1. The second-order valence-electron chi connectivity index (χ2n) is 7.15. The van der Waals surface area contributed by atoms with E-state index >= 15 is 0 Å². The number of amides is 2. The Morgan fingerprint density at radius 2 is 1.79 bits per heavy atom. The minimum absolute atomic E-state index is 0.0409. The van der Waals surface area contributed by atoms with Gasteiger partial charge in [0, 0.05) is 38.2 Å². The second kappa shape index (κ2) is 9.92. The van der Waals surface area contributed by atoms with Gasteiger partial charge in [-0.1, -0.05) is 48.0 Å². The Morgan fingerprint density at radius 3 is 2.46 bits per heavy atom. The molecule has 6 heteroatoms. The normalized spacial score (nSPS) is 15.8. The van der Waals surface area contributed by atoms with E-state index in [0.717, 1.165) is 44.0 Å². The number of ether oxygens (including phenoxy) is 1. The van der Waals surface area contributed by atoms with Crippen LogP contribution < -0.4 is 5.32 Å². The molecule has 0 bridgehead atoms. The largest absolute Gasteiger partial charge is 0.379 e. The Kier molecular flexibility index (Phi) is 7.31. The lowest BCUT2D eigenvalue weighted by molar-refractivity contribution is 0.0341. The molecule has 2 amide bonds.